The van der Waals surface area contributed by atoms with E-state index in [1.165, 1.54) is 6.07 Å². The number of ether oxygens (including phenoxy) is 4. The summed E-state index contributed by atoms with van der Waals surface area (Å²) in [5.74, 6) is 0.852. The SMILES string of the molecule is COc1cc(OC)cc(-c2c(F)cccc2C(CCCC(O)C2CN(C(=O)C3CCC(N)C3)CCO2)OC)c1. The minimum absolute atomic E-state index is 0.0247. The Morgan fingerprint density at radius 3 is 2.54 bits per heavy atom. The lowest BCUT2D eigenvalue weighted by atomic mass is 9.92. The van der Waals surface area contributed by atoms with Gasteiger partial charge in [-0.15, -0.1) is 0 Å². The fraction of sp³-hybridized carbons (Fsp3) is 0.567. The van der Waals surface area contributed by atoms with Crippen molar-refractivity contribution in [2.45, 2.75) is 62.9 Å². The number of hydrogen-bond acceptors (Lipinski definition) is 7. The fourth-order valence-electron chi connectivity index (χ4n) is 5.77. The van der Waals surface area contributed by atoms with Crippen LogP contribution in [0.3, 0.4) is 0 Å². The second-order valence-electron chi connectivity index (χ2n) is 10.5. The predicted octanol–water partition coefficient (Wildman–Crippen LogP) is 4.08. The molecule has 3 N–H and O–H groups in total. The van der Waals surface area contributed by atoms with Crippen molar-refractivity contribution >= 4 is 5.91 Å². The highest BCUT2D eigenvalue weighted by molar-refractivity contribution is 5.79. The molecule has 4 rings (SSSR count). The standard InChI is InChI=1S/C30H41FN2O6/c1-36-22-15-20(16-23(17-22)37-2)29-24(6-4-7-25(29)31)27(38-3)9-5-8-26(34)28-18-33(12-13-39-28)30(35)19-10-11-21(32)14-19/h4,6-7,15-17,19,21,26-28,34H,5,8-14,18,32H2,1-3H3. The van der Waals surface area contributed by atoms with Gasteiger partial charge in [-0.05, 0) is 67.9 Å². The molecule has 9 heteroatoms. The first-order valence-electron chi connectivity index (χ1n) is 13.7. The summed E-state index contributed by atoms with van der Waals surface area (Å²) in [6.07, 6.45) is 2.55. The van der Waals surface area contributed by atoms with E-state index in [1.54, 1.807) is 45.6 Å². The van der Waals surface area contributed by atoms with Crippen LogP contribution >= 0.6 is 0 Å². The summed E-state index contributed by atoms with van der Waals surface area (Å²) in [6, 6.07) is 10.3. The van der Waals surface area contributed by atoms with E-state index in [4.69, 9.17) is 24.7 Å². The van der Waals surface area contributed by atoms with Crippen molar-refractivity contribution in [3.05, 3.63) is 47.8 Å². The Morgan fingerprint density at radius 1 is 1.15 bits per heavy atom. The number of nitrogens with two attached hydrogens (primary N) is 1. The van der Waals surface area contributed by atoms with Crippen LogP contribution in [0.1, 0.15) is 50.2 Å². The van der Waals surface area contributed by atoms with E-state index in [-0.39, 0.29) is 23.7 Å². The van der Waals surface area contributed by atoms with Crippen molar-refractivity contribution in [1.82, 2.24) is 4.90 Å². The van der Waals surface area contributed by atoms with Gasteiger partial charge in [-0.25, -0.2) is 4.39 Å². The van der Waals surface area contributed by atoms with Crippen molar-refractivity contribution in [3.8, 4) is 22.6 Å². The Kier molecular flexibility index (Phi) is 10.2. The Labute approximate surface area is 230 Å². The molecule has 0 bridgehead atoms. The van der Waals surface area contributed by atoms with Crippen molar-refractivity contribution in [2.75, 3.05) is 41.0 Å². The number of carbonyl (C=O) groups excluding carboxylic acids is 1. The van der Waals surface area contributed by atoms with E-state index in [0.717, 1.165) is 19.3 Å². The number of methoxy groups -OCH3 is 3. The molecule has 5 unspecified atom stereocenters. The van der Waals surface area contributed by atoms with Crippen molar-refractivity contribution in [2.24, 2.45) is 11.7 Å². The summed E-state index contributed by atoms with van der Waals surface area (Å²) in [7, 11) is 4.71. The third kappa shape index (κ3) is 7.08. The molecule has 0 aromatic heterocycles. The monoisotopic (exact) mass is 544 g/mol. The largest absolute Gasteiger partial charge is 0.497 e. The third-order valence-corrected chi connectivity index (χ3v) is 7.94. The van der Waals surface area contributed by atoms with Crippen LogP contribution in [-0.4, -0.2) is 75.2 Å². The van der Waals surface area contributed by atoms with Gasteiger partial charge in [-0.2, -0.15) is 0 Å². The van der Waals surface area contributed by atoms with Crippen LogP contribution in [0.25, 0.3) is 11.1 Å². The summed E-state index contributed by atoms with van der Waals surface area (Å²) in [5, 5.41) is 10.9. The first-order valence-corrected chi connectivity index (χ1v) is 13.7. The molecular weight excluding hydrogens is 503 g/mol. The van der Waals surface area contributed by atoms with Gasteiger partial charge < -0.3 is 34.7 Å². The average Bonchev–Trinajstić information content (AvgIpc) is 3.40. The molecule has 8 nitrogen and oxygen atoms in total. The number of carbonyl (C=O) groups is 1. The number of rotatable bonds is 11. The normalized spacial score (nSPS) is 22.9. The minimum atomic E-state index is -0.724. The molecule has 1 saturated heterocycles. The number of benzene rings is 2. The van der Waals surface area contributed by atoms with Crippen molar-refractivity contribution < 1.29 is 33.2 Å². The van der Waals surface area contributed by atoms with Crippen LogP contribution < -0.4 is 15.2 Å². The van der Waals surface area contributed by atoms with Crippen LogP contribution in [0, 0.1) is 11.7 Å². The third-order valence-electron chi connectivity index (χ3n) is 7.94. The molecule has 1 amide bonds. The minimum Gasteiger partial charge on any atom is -0.497 e. The van der Waals surface area contributed by atoms with Gasteiger partial charge in [0.2, 0.25) is 5.91 Å². The molecule has 1 saturated carbocycles. The highest BCUT2D eigenvalue weighted by Gasteiger charge is 2.35. The zero-order chi connectivity index (χ0) is 27.9. The first kappa shape index (κ1) is 29.3. The van der Waals surface area contributed by atoms with Crippen LogP contribution in [0.2, 0.25) is 0 Å². The van der Waals surface area contributed by atoms with E-state index < -0.39 is 18.3 Å². The van der Waals surface area contributed by atoms with Crippen LogP contribution in [0.15, 0.2) is 36.4 Å². The number of hydrogen-bond donors (Lipinski definition) is 2. The molecular formula is C30H41FN2O6. The highest BCUT2D eigenvalue weighted by atomic mass is 19.1. The average molecular weight is 545 g/mol. The summed E-state index contributed by atoms with van der Waals surface area (Å²) < 4.78 is 37.6. The molecule has 1 heterocycles. The van der Waals surface area contributed by atoms with Gasteiger partial charge in [-0.3, -0.25) is 4.79 Å². The van der Waals surface area contributed by atoms with Gasteiger partial charge in [0, 0.05) is 43.8 Å². The fourth-order valence-corrected chi connectivity index (χ4v) is 5.77. The number of halogens is 1. The highest BCUT2D eigenvalue weighted by Crippen LogP contribution is 2.38. The van der Waals surface area contributed by atoms with E-state index in [1.807, 2.05) is 11.0 Å². The zero-order valence-electron chi connectivity index (χ0n) is 23.1. The summed E-state index contributed by atoms with van der Waals surface area (Å²) >= 11 is 0. The molecule has 5 atom stereocenters. The topological polar surface area (TPSA) is 103 Å². The maximum absolute atomic E-state index is 15.2. The van der Waals surface area contributed by atoms with Gasteiger partial charge in [-0.1, -0.05) is 12.1 Å². The Hall–Kier alpha value is -2.72. The summed E-state index contributed by atoms with van der Waals surface area (Å²) in [5.41, 5.74) is 7.77. The smallest absolute Gasteiger partial charge is 0.225 e. The lowest BCUT2D eigenvalue weighted by Gasteiger charge is -2.36. The quantitative estimate of drug-likeness (QED) is 0.439. The van der Waals surface area contributed by atoms with Gasteiger partial charge in [0.05, 0.1) is 33.0 Å². The van der Waals surface area contributed by atoms with Crippen LogP contribution in [0.4, 0.5) is 4.39 Å². The van der Waals surface area contributed by atoms with Gasteiger partial charge in [0.1, 0.15) is 23.4 Å². The van der Waals surface area contributed by atoms with E-state index in [2.05, 4.69) is 0 Å². The number of nitrogens with zero attached hydrogens (tertiary/aromatic N) is 1. The van der Waals surface area contributed by atoms with Crippen molar-refractivity contribution in [1.29, 1.82) is 0 Å². The number of morpholine rings is 1. The number of amides is 1. The van der Waals surface area contributed by atoms with E-state index in [0.29, 0.717) is 67.1 Å². The molecule has 214 valence electrons. The van der Waals surface area contributed by atoms with E-state index in [9.17, 15) is 9.90 Å². The predicted molar refractivity (Wildman–Crippen MR) is 146 cm³/mol. The van der Waals surface area contributed by atoms with Gasteiger partial charge >= 0.3 is 0 Å². The molecule has 39 heavy (non-hydrogen) atoms. The molecule has 0 spiro atoms. The zero-order valence-corrected chi connectivity index (χ0v) is 23.1. The molecule has 2 aromatic carbocycles. The second-order valence-corrected chi connectivity index (χ2v) is 10.5. The number of aliphatic hydroxyl groups excluding tert-OH is 1. The molecule has 1 aliphatic carbocycles. The van der Waals surface area contributed by atoms with Gasteiger partial charge in [0.15, 0.2) is 0 Å². The molecule has 2 fully saturated rings. The summed E-state index contributed by atoms with van der Waals surface area (Å²) in [4.78, 5) is 14.8. The lowest BCUT2D eigenvalue weighted by molar-refractivity contribution is -0.148. The van der Waals surface area contributed by atoms with Crippen LogP contribution in [0.5, 0.6) is 11.5 Å². The lowest BCUT2D eigenvalue weighted by Crippen LogP contribution is -2.51. The maximum atomic E-state index is 15.2. The van der Waals surface area contributed by atoms with Crippen molar-refractivity contribution in [3.63, 3.8) is 0 Å². The molecule has 2 aromatic rings. The Balaban J connectivity index is 1.40. The Morgan fingerprint density at radius 2 is 1.90 bits per heavy atom. The maximum Gasteiger partial charge on any atom is 0.225 e. The second kappa shape index (κ2) is 13.6. The molecule has 2 aliphatic rings. The summed E-state index contributed by atoms with van der Waals surface area (Å²) in [6.45, 7) is 1.33. The molecule has 1 aliphatic heterocycles. The number of aliphatic hydroxyl groups is 1. The van der Waals surface area contributed by atoms with E-state index >= 15 is 4.39 Å². The van der Waals surface area contributed by atoms with Crippen LogP contribution in [-0.2, 0) is 14.3 Å². The Bertz CT molecular complexity index is 1090. The molecule has 0 radical (unpaired) electrons. The van der Waals surface area contributed by atoms with Gasteiger partial charge in [0.25, 0.3) is 0 Å². The first-order chi connectivity index (χ1) is 18.8.